The van der Waals surface area contributed by atoms with Gasteiger partial charge in [0, 0.05) is 18.7 Å². The molecule has 0 atom stereocenters. The molecule has 0 fully saturated rings. The van der Waals surface area contributed by atoms with Crippen LogP contribution < -0.4 is 0 Å². The van der Waals surface area contributed by atoms with Crippen molar-refractivity contribution in [3.05, 3.63) is 35.4 Å². The minimum Gasteiger partial charge on any atom is -0.395 e. The van der Waals surface area contributed by atoms with Gasteiger partial charge in [-0.2, -0.15) is 5.26 Å². The van der Waals surface area contributed by atoms with Gasteiger partial charge in [-0.15, -0.1) is 0 Å². The summed E-state index contributed by atoms with van der Waals surface area (Å²) in [5.41, 5.74) is 1.39. The third-order valence-electron chi connectivity index (χ3n) is 2.50. The Kier molecular flexibility index (Phi) is 5.18. The van der Waals surface area contributed by atoms with Crippen molar-refractivity contribution in [2.24, 2.45) is 0 Å². The van der Waals surface area contributed by atoms with E-state index in [-0.39, 0.29) is 12.5 Å². The Bertz CT molecular complexity index is 424. The van der Waals surface area contributed by atoms with Crippen molar-refractivity contribution in [2.45, 2.75) is 13.3 Å². The summed E-state index contributed by atoms with van der Waals surface area (Å²) < 4.78 is 0. The number of hydrogen-bond donors (Lipinski definition) is 1. The fraction of sp³-hybridized carbons (Fsp3) is 0.385. The number of amides is 1. The van der Waals surface area contributed by atoms with Crippen LogP contribution in [0.5, 0.6) is 0 Å². The number of carbonyl (C=O) groups excluding carboxylic acids is 1. The molecule has 0 bridgehead atoms. The van der Waals surface area contributed by atoms with E-state index in [4.69, 9.17) is 10.4 Å². The van der Waals surface area contributed by atoms with E-state index in [2.05, 4.69) is 6.07 Å². The van der Waals surface area contributed by atoms with Gasteiger partial charge in [-0.05, 0) is 24.6 Å². The molecule has 1 N–H and O–H groups in total. The summed E-state index contributed by atoms with van der Waals surface area (Å²) in [6.07, 6.45) is 0.299. The molecule has 1 amide bonds. The van der Waals surface area contributed by atoms with Crippen LogP contribution in [0.2, 0.25) is 0 Å². The molecule has 0 aliphatic rings. The molecule has 0 saturated heterocycles. The van der Waals surface area contributed by atoms with Crippen LogP contribution in [0.25, 0.3) is 0 Å². The van der Waals surface area contributed by atoms with E-state index in [0.29, 0.717) is 25.1 Å². The Balaban J connectivity index is 2.87. The molecule has 17 heavy (non-hydrogen) atoms. The van der Waals surface area contributed by atoms with Gasteiger partial charge in [0.15, 0.2) is 0 Å². The van der Waals surface area contributed by atoms with E-state index in [1.807, 2.05) is 13.0 Å². The van der Waals surface area contributed by atoms with Gasteiger partial charge in [-0.25, -0.2) is 0 Å². The number of likely N-dealkylation sites (N-methyl/N-ethyl adjacent to an activating group) is 1. The smallest absolute Gasteiger partial charge is 0.253 e. The van der Waals surface area contributed by atoms with Gasteiger partial charge in [-0.3, -0.25) is 4.79 Å². The molecule has 0 unspecified atom stereocenters. The van der Waals surface area contributed by atoms with E-state index in [1.54, 1.807) is 23.1 Å². The molecule has 0 radical (unpaired) electrons. The zero-order valence-electron chi connectivity index (χ0n) is 9.89. The molecule has 0 aromatic heterocycles. The summed E-state index contributed by atoms with van der Waals surface area (Å²) in [7, 11) is 0. The zero-order valence-corrected chi connectivity index (χ0v) is 9.89. The highest BCUT2D eigenvalue weighted by Crippen LogP contribution is 2.09. The third kappa shape index (κ3) is 3.58. The van der Waals surface area contributed by atoms with Crippen molar-refractivity contribution in [1.29, 1.82) is 5.26 Å². The Labute approximate surface area is 101 Å². The number of nitrogens with zero attached hydrogens (tertiary/aromatic N) is 2. The Hall–Kier alpha value is -1.86. The lowest BCUT2D eigenvalue weighted by atomic mass is 10.1. The van der Waals surface area contributed by atoms with Crippen LogP contribution in [-0.4, -0.2) is 35.6 Å². The van der Waals surface area contributed by atoms with E-state index in [1.165, 1.54) is 0 Å². The standard InChI is InChI=1S/C13H16N2O2/c1-2-15(8-9-16)13(17)12-5-3-4-11(10-12)6-7-14/h3-5,10,16H,2,6,8-9H2,1H3. The minimum atomic E-state index is -0.110. The lowest BCUT2D eigenvalue weighted by Gasteiger charge is -2.19. The first-order valence-electron chi connectivity index (χ1n) is 5.59. The number of carbonyl (C=O) groups is 1. The maximum absolute atomic E-state index is 12.1. The van der Waals surface area contributed by atoms with Gasteiger partial charge < -0.3 is 10.0 Å². The fourth-order valence-corrected chi connectivity index (χ4v) is 1.61. The third-order valence-corrected chi connectivity index (χ3v) is 2.50. The average Bonchev–Trinajstić information content (AvgIpc) is 2.36. The van der Waals surface area contributed by atoms with Crippen LogP contribution in [0.15, 0.2) is 24.3 Å². The highest BCUT2D eigenvalue weighted by Gasteiger charge is 2.13. The summed E-state index contributed by atoms with van der Waals surface area (Å²) in [6.45, 7) is 2.71. The zero-order chi connectivity index (χ0) is 12.7. The van der Waals surface area contributed by atoms with Crippen molar-refractivity contribution in [3.63, 3.8) is 0 Å². The number of aliphatic hydroxyl groups is 1. The van der Waals surface area contributed by atoms with E-state index < -0.39 is 0 Å². The van der Waals surface area contributed by atoms with Crippen LogP contribution in [0.4, 0.5) is 0 Å². The summed E-state index contributed by atoms with van der Waals surface area (Å²) >= 11 is 0. The number of hydrogen-bond acceptors (Lipinski definition) is 3. The van der Waals surface area contributed by atoms with Crippen LogP contribution in [0.3, 0.4) is 0 Å². The Morgan fingerprint density at radius 1 is 1.53 bits per heavy atom. The molecule has 0 saturated carbocycles. The monoisotopic (exact) mass is 232 g/mol. The van der Waals surface area contributed by atoms with Crippen LogP contribution in [0, 0.1) is 11.3 Å². The molecular weight excluding hydrogens is 216 g/mol. The highest BCUT2D eigenvalue weighted by molar-refractivity contribution is 5.94. The van der Waals surface area contributed by atoms with E-state index in [9.17, 15) is 4.79 Å². The maximum atomic E-state index is 12.1. The largest absolute Gasteiger partial charge is 0.395 e. The summed E-state index contributed by atoms with van der Waals surface area (Å²) in [5, 5.41) is 17.5. The van der Waals surface area contributed by atoms with Gasteiger partial charge in [0.05, 0.1) is 19.1 Å². The molecule has 1 aromatic rings. The van der Waals surface area contributed by atoms with E-state index in [0.717, 1.165) is 5.56 Å². The van der Waals surface area contributed by atoms with E-state index >= 15 is 0 Å². The van der Waals surface area contributed by atoms with Gasteiger partial charge in [0.1, 0.15) is 0 Å². The molecule has 1 aromatic carbocycles. The summed E-state index contributed by atoms with van der Waals surface area (Å²) in [5.74, 6) is -0.110. The predicted molar refractivity (Wildman–Crippen MR) is 64.4 cm³/mol. The van der Waals surface area contributed by atoms with Gasteiger partial charge in [-0.1, -0.05) is 12.1 Å². The molecule has 1 rings (SSSR count). The number of rotatable bonds is 5. The van der Waals surface area contributed by atoms with Crippen molar-refractivity contribution in [3.8, 4) is 6.07 Å². The second-order valence-corrected chi connectivity index (χ2v) is 3.64. The second-order valence-electron chi connectivity index (χ2n) is 3.64. The highest BCUT2D eigenvalue weighted by atomic mass is 16.3. The number of benzene rings is 1. The van der Waals surface area contributed by atoms with Crippen molar-refractivity contribution in [1.82, 2.24) is 4.90 Å². The Morgan fingerprint density at radius 2 is 2.29 bits per heavy atom. The van der Waals surface area contributed by atoms with Gasteiger partial charge >= 0.3 is 0 Å². The molecule has 4 heteroatoms. The fourth-order valence-electron chi connectivity index (χ4n) is 1.61. The first kappa shape index (κ1) is 13.2. The van der Waals surface area contributed by atoms with Crippen LogP contribution in [-0.2, 0) is 6.42 Å². The molecule has 4 nitrogen and oxygen atoms in total. The second kappa shape index (κ2) is 6.66. The molecule has 0 heterocycles. The van der Waals surface area contributed by atoms with Gasteiger partial charge in [0.25, 0.3) is 5.91 Å². The molecule has 0 aliphatic heterocycles. The normalized spacial score (nSPS) is 9.71. The van der Waals surface area contributed by atoms with Gasteiger partial charge in [0.2, 0.25) is 0 Å². The van der Waals surface area contributed by atoms with Crippen molar-refractivity contribution in [2.75, 3.05) is 19.7 Å². The first-order valence-corrected chi connectivity index (χ1v) is 5.59. The molecular formula is C13H16N2O2. The molecule has 0 aliphatic carbocycles. The van der Waals surface area contributed by atoms with Crippen molar-refractivity contribution < 1.29 is 9.90 Å². The minimum absolute atomic E-state index is 0.0442. The summed E-state index contributed by atoms with van der Waals surface area (Å²) in [6, 6.07) is 9.10. The molecule has 0 spiro atoms. The maximum Gasteiger partial charge on any atom is 0.253 e. The van der Waals surface area contributed by atoms with Crippen LogP contribution >= 0.6 is 0 Å². The average molecular weight is 232 g/mol. The number of nitriles is 1. The summed E-state index contributed by atoms with van der Waals surface area (Å²) in [4.78, 5) is 13.6. The quantitative estimate of drug-likeness (QED) is 0.829. The topological polar surface area (TPSA) is 64.3 Å². The lowest BCUT2D eigenvalue weighted by molar-refractivity contribution is 0.0732. The first-order chi connectivity index (χ1) is 8.22. The lowest BCUT2D eigenvalue weighted by Crippen LogP contribution is -2.33. The van der Waals surface area contributed by atoms with Crippen molar-refractivity contribution >= 4 is 5.91 Å². The Morgan fingerprint density at radius 3 is 2.88 bits per heavy atom. The SMILES string of the molecule is CCN(CCO)C(=O)c1cccc(CC#N)c1. The van der Waals surface area contributed by atoms with Crippen LogP contribution in [0.1, 0.15) is 22.8 Å². The number of aliphatic hydroxyl groups excluding tert-OH is 1. The molecule has 90 valence electrons. The predicted octanol–water partition coefficient (Wildman–Crippen LogP) is 1.21.